The van der Waals surface area contributed by atoms with Crippen LogP contribution in [0, 0.1) is 0 Å². The van der Waals surface area contributed by atoms with E-state index in [1.165, 1.54) is 0 Å². The minimum atomic E-state index is 0.663. The van der Waals surface area contributed by atoms with E-state index in [1.54, 1.807) is 13.1 Å². The van der Waals surface area contributed by atoms with E-state index in [1.807, 2.05) is 6.92 Å². The Morgan fingerprint density at radius 3 is 2.33 bits per heavy atom. The van der Waals surface area contributed by atoms with Crippen molar-refractivity contribution in [3.63, 3.8) is 0 Å². The van der Waals surface area contributed by atoms with Gasteiger partial charge in [-0.2, -0.15) is 0 Å². The molecule has 0 aromatic rings. The van der Waals surface area contributed by atoms with Crippen molar-refractivity contribution in [2.24, 2.45) is 0 Å². The average Bonchev–Trinajstić information content (AvgIpc) is 1.65. The second-order valence-corrected chi connectivity index (χ2v) is 1.01. The standard InChI is InChI=1S/C4H10NO/c1-3-5(6)4-2/h3,6H,4H2,1-2H3/q+1. The van der Waals surface area contributed by atoms with E-state index in [9.17, 15) is 0 Å². The van der Waals surface area contributed by atoms with Gasteiger partial charge in [-0.25, -0.2) is 0 Å². The predicted octanol–water partition coefficient (Wildman–Crippen LogP) is 0.499. The molecule has 6 heavy (non-hydrogen) atoms. The van der Waals surface area contributed by atoms with Gasteiger partial charge in [0.1, 0.15) is 0 Å². The Labute approximate surface area is 37.7 Å². The fourth-order valence-electron chi connectivity index (χ4n) is 0.183. The van der Waals surface area contributed by atoms with Gasteiger partial charge in [-0.05, 0) is 11.7 Å². The molecule has 2 heteroatoms. The summed E-state index contributed by atoms with van der Waals surface area (Å²) in [6, 6.07) is 0. The van der Waals surface area contributed by atoms with Crippen LogP contribution in [0.3, 0.4) is 0 Å². The summed E-state index contributed by atoms with van der Waals surface area (Å²) in [6.45, 7) is 4.32. The van der Waals surface area contributed by atoms with Gasteiger partial charge in [-0.15, -0.1) is 0 Å². The quantitative estimate of drug-likeness (QED) is 0.214. The summed E-state index contributed by atoms with van der Waals surface area (Å²) in [4.78, 5) is 0. The monoisotopic (exact) mass is 88.1 g/mol. The summed E-state index contributed by atoms with van der Waals surface area (Å²) >= 11 is 0. The van der Waals surface area contributed by atoms with Gasteiger partial charge in [0.15, 0.2) is 12.8 Å². The Morgan fingerprint density at radius 1 is 1.83 bits per heavy atom. The topological polar surface area (TPSA) is 23.2 Å². The van der Waals surface area contributed by atoms with E-state index in [2.05, 4.69) is 0 Å². The van der Waals surface area contributed by atoms with Gasteiger partial charge in [0.2, 0.25) is 0 Å². The molecule has 0 aliphatic heterocycles. The van der Waals surface area contributed by atoms with Gasteiger partial charge in [-0.1, -0.05) is 0 Å². The van der Waals surface area contributed by atoms with Crippen LogP contribution in [0.5, 0.6) is 0 Å². The summed E-state index contributed by atoms with van der Waals surface area (Å²) in [6.07, 6.45) is 1.61. The second kappa shape index (κ2) is 2.69. The minimum Gasteiger partial charge on any atom is -0.291 e. The first-order valence-electron chi connectivity index (χ1n) is 2.06. The highest BCUT2D eigenvalue weighted by Gasteiger charge is 1.83. The maximum Gasteiger partial charge on any atom is 0.189 e. The normalized spacial score (nSPS) is 12.0. The van der Waals surface area contributed by atoms with Crippen LogP contribution in [0.1, 0.15) is 13.8 Å². The number of hydrogen-bond donors (Lipinski definition) is 1. The van der Waals surface area contributed by atoms with E-state index in [4.69, 9.17) is 5.21 Å². The highest BCUT2D eigenvalue weighted by molar-refractivity contribution is 5.46. The van der Waals surface area contributed by atoms with Crippen LogP contribution in [0.2, 0.25) is 0 Å². The van der Waals surface area contributed by atoms with Crippen LogP contribution in [0.25, 0.3) is 0 Å². The zero-order valence-corrected chi connectivity index (χ0v) is 4.18. The Balaban J connectivity index is 3.22. The van der Waals surface area contributed by atoms with Crippen molar-refractivity contribution in [3.8, 4) is 0 Å². The molecule has 1 N–H and O–H groups in total. The van der Waals surface area contributed by atoms with Gasteiger partial charge in [0.25, 0.3) is 0 Å². The van der Waals surface area contributed by atoms with Crippen molar-refractivity contribution in [3.05, 3.63) is 0 Å². The number of hydrogen-bond acceptors (Lipinski definition) is 1. The summed E-state index contributed by atoms with van der Waals surface area (Å²) < 4.78 is 1.12. The highest BCUT2D eigenvalue weighted by atomic mass is 16.5. The minimum absolute atomic E-state index is 0.663. The lowest BCUT2D eigenvalue weighted by Gasteiger charge is -1.78. The lowest BCUT2D eigenvalue weighted by molar-refractivity contribution is -0.769. The van der Waals surface area contributed by atoms with Gasteiger partial charge < -0.3 is 0 Å². The molecule has 0 radical (unpaired) electrons. The zero-order valence-electron chi connectivity index (χ0n) is 4.18. The van der Waals surface area contributed by atoms with E-state index in [0.29, 0.717) is 6.54 Å². The summed E-state index contributed by atoms with van der Waals surface area (Å²) in [5, 5.41) is 8.44. The first-order chi connectivity index (χ1) is 2.81. The van der Waals surface area contributed by atoms with Crippen LogP contribution in [-0.2, 0) is 0 Å². The summed E-state index contributed by atoms with van der Waals surface area (Å²) in [7, 11) is 0. The molecule has 0 aromatic heterocycles. The van der Waals surface area contributed by atoms with E-state index >= 15 is 0 Å². The van der Waals surface area contributed by atoms with Crippen molar-refractivity contribution in [2.45, 2.75) is 13.8 Å². The second-order valence-electron chi connectivity index (χ2n) is 1.01. The largest absolute Gasteiger partial charge is 0.291 e. The van der Waals surface area contributed by atoms with Crippen molar-refractivity contribution in [1.82, 2.24) is 0 Å². The Morgan fingerprint density at radius 2 is 2.33 bits per heavy atom. The van der Waals surface area contributed by atoms with Crippen LogP contribution >= 0.6 is 0 Å². The molecule has 0 unspecified atom stereocenters. The third kappa shape index (κ3) is 1.76. The molecule has 0 aromatic carbocycles. The number of nitrogens with zero attached hydrogens (tertiary/aromatic N) is 1. The molecule has 0 rings (SSSR count). The van der Waals surface area contributed by atoms with E-state index in [0.717, 1.165) is 4.74 Å². The SMILES string of the molecule is CC=[N+](O)CC. The molecule has 0 fully saturated rings. The van der Waals surface area contributed by atoms with Crippen LogP contribution in [0.15, 0.2) is 0 Å². The van der Waals surface area contributed by atoms with Crippen molar-refractivity contribution < 1.29 is 9.95 Å². The molecule has 0 atom stereocenters. The first kappa shape index (κ1) is 5.47. The summed E-state index contributed by atoms with van der Waals surface area (Å²) in [5.41, 5.74) is 0. The van der Waals surface area contributed by atoms with Crippen molar-refractivity contribution >= 4 is 6.21 Å². The van der Waals surface area contributed by atoms with Gasteiger partial charge in [-0.3, -0.25) is 5.21 Å². The maximum absolute atomic E-state index is 8.44. The molecule has 0 aliphatic carbocycles. The van der Waals surface area contributed by atoms with Gasteiger partial charge in [0.05, 0.1) is 0 Å². The maximum atomic E-state index is 8.44. The van der Waals surface area contributed by atoms with Crippen LogP contribution < -0.4 is 0 Å². The fourth-order valence-corrected chi connectivity index (χ4v) is 0.183. The smallest absolute Gasteiger partial charge is 0.189 e. The molecule has 0 saturated carbocycles. The Bertz CT molecular complexity index is 58.6. The average molecular weight is 88.1 g/mol. The molecular weight excluding hydrogens is 78.0 g/mol. The lowest BCUT2D eigenvalue weighted by atomic mass is 10.7. The molecule has 0 spiro atoms. The molecule has 0 aliphatic rings. The molecule has 2 nitrogen and oxygen atoms in total. The third-order valence-electron chi connectivity index (χ3n) is 0.622. The molecule has 0 amide bonds. The first-order valence-corrected chi connectivity index (χ1v) is 2.06. The Hall–Kier alpha value is -0.530. The molecule has 36 valence electrons. The van der Waals surface area contributed by atoms with E-state index in [-0.39, 0.29) is 0 Å². The van der Waals surface area contributed by atoms with E-state index < -0.39 is 0 Å². The molecule has 0 saturated heterocycles. The van der Waals surface area contributed by atoms with Crippen LogP contribution in [-0.4, -0.2) is 22.7 Å². The number of hydroxylamine groups is 1. The van der Waals surface area contributed by atoms with Crippen molar-refractivity contribution in [2.75, 3.05) is 6.54 Å². The number of rotatable bonds is 1. The highest BCUT2D eigenvalue weighted by Crippen LogP contribution is 1.57. The zero-order chi connectivity index (χ0) is 4.99. The Kier molecular flexibility index (Phi) is 2.46. The van der Waals surface area contributed by atoms with Crippen molar-refractivity contribution in [1.29, 1.82) is 0 Å². The molecular formula is C4H10NO+. The molecule has 0 bridgehead atoms. The fraction of sp³-hybridized carbons (Fsp3) is 0.750. The van der Waals surface area contributed by atoms with Crippen LogP contribution in [0.4, 0.5) is 0 Å². The third-order valence-corrected chi connectivity index (χ3v) is 0.622. The predicted molar refractivity (Wildman–Crippen MR) is 24.3 cm³/mol. The summed E-state index contributed by atoms with van der Waals surface area (Å²) in [5.74, 6) is 0. The molecule has 0 heterocycles. The lowest BCUT2D eigenvalue weighted by Crippen LogP contribution is -2.03. The van der Waals surface area contributed by atoms with Gasteiger partial charge in [0, 0.05) is 6.92 Å². The van der Waals surface area contributed by atoms with Gasteiger partial charge >= 0.3 is 0 Å².